The fourth-order valence-corrected chi connectivity index (χ4v) is 0.300. The van der Waals surface area contributed by atoms with Gasteiger partial charge in [0.05, 0.1) is 27.7 Å². The third-order valence-electron chi connectivity index (χ3n) is 0.771. The molecule has 0 amide bonds. The summed E-state index contributed by atoms with van der Waals surface area (Å²) in [4.78, 5) is 0. The molecule has 0 aromatic carbocycles. The van der Waals surface area contributed by atoms with Gasteiger partial charge in [0.15, 0.2) is 0 Å². The smallest absolute Gasteiger partial charge is 0.391 e. The van der Waals surface area contributed by atoms with Crippen LogP contribution in [0.2, 0.25) is 0 Å². The van der Waals surface area contributed by atoms with Crippen molar-refractivity contribution in [2.45, 2.75) is 0 Å². The molecule has 0 aliphatic carbocycles. The molecule has 0 rings (SSSR count). The Morgan fingerprint density at radius 3 is 1.62 bits per heavy atom. The largest absolute Gasteiger partial charge is 2.00 e. The van der Waals surface area contributed by atoms with E-state index in [1.165, 1.54) is 0 Å². The van der Waals surface area contributed by atoms with E-state index >= 15 is 0 Å². The molecule has 0 saturated heterocycles. The van der Waals surface area contributed by atoms with Gasteiger partial charge < -0.3 is 9.59 Å². The minimum atomic E-state index is 0. The molecule has 0 radical (unpaired) electrons. The topological polar surface area (TPSA) is 20.2 Å². The van der Waals surface area contributed by atoms with Crippen molar-refractivity contribution in [3.63, 3.8) is 0 Å². The summed E-state index contributed by atoms with van der Waals surface area (Å²) in [7, 11) is 6.16. The molecule has 0 heterocycles. The maximum Gasteiger partial charge on any atom is 2.00 e. The van der Waals surface area contributed by atoms with Crippen LogP contribution >= 0.6 is 0 Å². The monoisotopic (exact) mass is 128 g/mol. The zero-order chi connectivity index (χ0) is 5.91. The third-order valence-corrected chi connectivity index (χ3v) is 0.771. The van der Waals surface area contributed by atoms with Crippen LogP contribution < -0.4 is 0 Å². The number of hydrogen-bond donors (Lipinski definition) is 1. The van der Waals surface area contributed by atoms with E-state index in [9.17, 15) is 0 Å². The number of quaternary nitrogens is 1. The number of aliphatic hydroxyl groups excluding tert-OH is 1. The van der Waals surface area contributed by atoms with Crippen LogP contribution in [0.25, 0.3) is 0 Å². The normalized spacial score (nSPS) is 10.5. The minimum absolute atomic E-state index is 0. The van der Waals surface area contributed by atoms with Crippen molar-refractivity contribution >= 4 is 23.1 Å². The molecule has 2 nitrogen and oxygen atoms in total. The van der Waals surface area contributed by atoms with Gasteiger partial charge in [0.25, 0.3) is 0 Å². The van der Waals surface area contributed by atoms with Crippen LogP contribution in [-0.4, -0.2) is 66.9 Å². The van der Waals surface area contributed by atoms with E-state index in [0.29, 0.717) is 0 Å². The predicted octanol–water partition coefficient (Wildman–Crippen LogP) is -0.696. The van der Waals surface area contributed by atoms with Crippen molar-refractivity contribution in [1.29, 1.82) is 0 Å². The summed E-state index contributed by atoms with van der Waals surface area (Å²) in [5.74, 6) is 0. The Bertz CT molecular complexity index is 50.9. The summed E-state index contributed by atoms with van der Waals surface area (Å²) < 4.78 is 0.844. The summed E-state index contributed by atoms with van der Waals surface area (Å²) in [6.07, 6.45) is 0. The Kier molecular flexibility index (Phi) is 6.53. The van der Waals surface area contributed by atoms with Crippen LogP contribution in [0.3, 0.4) is 0 Å². The molecule has 0 aromatic rings. The average Bonchev–Trinajstić information content (AvgIpc) is 1.30. The fourth-order valence-electron chi connectivity index (χ4n) is 0.300. The summed E-state index contributed by atoms with van der Waals surface area (Å²) in [5, 5.41) is 8.39. The van der Waals surface area contributed by atoms with Gasteiger partial charge in [-0.15, -0.1) is 0 Å². The van der Waals surface area contributed by atoms with E-state index in [1.807, 2.05) is 0 Å². The molecule has 0 saturated carbocycles. The van der Waals surface area contributed by atoms with Crippen LogP contribution in [0, 0.1) is 0 Å². The van der Waals surface area contributed by atoms with Crippen molar-refractivity contribution in [2.24, 2.45) is 0 Å². The second-order valence-corrected chi connectivity index (χ2v) is 2.74. The van der Waals surface area contributed by atoms with Gasteiger partial charge in [-0.05, 0) is 0 Å². The van der Waals surface area contributed by atoms with Gasteiger partial charge in [-0.3, -0.25) is 0 Å². The molecular weight excluding hydrogens is 114 g/mol. The van der Waals surface area contributed by atoms with Gasteiger partial charge in [-0.2, -0.15) is 0 Å². The van der Waals surface area contributed by atoms with Gasteiger partial charge >= 0.3 is 23.1 Å². The van der Waals surface area contributed by atoms with Crippen molar-refractivity contribution in [3.05, 3.63) is 0 Å². The molecule has 8 heavy (non-hydrogen) atoms. The van der Waals surface area contributed by atoms with E-state index in [1.54, 1.807) is 0 Å². The molecule has 0 aliphatic heterocycles. The molecule has 0 unspecified atom stereocenters. The number of rotatable bonds is 2. The second-order valence-electron chi connectivity index (χ2n) is 2.74. The Morgan fingerprint density at radius 2 is 1.62 bits per heavy atom. The van der Waals surface area contributed by atoms with Gasteiger partial charge in [0.1, 0.15) is 6.54 Å². The Hall–Kier alpha value is 0.686. The van der Waals surface area contributed by atoms with Gasteiger partial charge in [0.2, 0.25) is 0 Å². The molecule has 0 fully saturated rings. The SMILES string of the molecule is C[N+](C)(C)CCO.[Mg+2]. The Balaban J connectivity index is 0. The molecule has 44 valence electrons. The summed E-state index contributed by atoms with van der Waals surface area (Å²) >= 11 is 0. The first kappa shape index (κ1) is 11.5. The fraction of sp³-hybridized carbons (Fsp3) is 1.00. The zero-order valence-corrected chi connectivity index (χ0v) is 7.43. The first-order valence-electron chi connectivity index (χ1n) is 2.47. The average molecular weight is 128 g/mol. The maximum absolute atomic E-state index is 8.39. The zero-order valence-electron chi connectivity index (χ0n) is 6.02. The molecule has 0 spiro atoms. The summed E-state index contributed by atoms with van der Waals surface area (Å²) in [6, 6.07) is 0. The van der Waals surface area contributed by atoms with Crippen LogP contribution in [0.4, 0.5) is 0 Å². The van der Waals surface area contributed by atoms with E-state index in [4.69, 9.17) is 5.11 Å². The van der Waals surface area contributed by atoms with Crippen molar-refractivity contribution in [2.75, 3.05) is 34.3 Å². The minimum Gasteiger partial charge on any atom is -0.391 e. The molecule has 0 atom stereocenters. The molecule has 0 aromatic heterocycles. The third kappa shape index (κ3) is 9.84. The Labute approximate surface area is 67.2 Å². The molecule has 3 heteroatoms. The first-order chi connectivity index (χ1) is 3.06. The Morgan fingerprint density at radius 1 is 1.25 bits per heavy atom. The molecular formula is C5H14MgNO+3. The number of nitrogens with zero attached hydrogens (tertiary/aromatic N) is 1. The van der Waals surface area contributed by atoms with Crippen LogP contribution in [0.15, 0.2) is 0 Å². The second kappa shape index (κ2) is 4.55. The predicted molar refractivity (Wildman–Crippen MR) is 35.7 cm³/mol. The van der Waals surface area contributed by atoms with Gasteiger partial charge in [-0.25, -0.2) is 0 Å². The van der Waals surface area contributed by atoms with E-state index in [0.717, 1.165) is 11.0 Å². The molecule has 0 bridgehead atoms. The number of hydrogen-bond acceptors (Lipinski definition) is 1. The van der Waals surface area contributed by atoms with Gasteiger partial charge in [-0.1, -0.05) is 0 Å². The molecule has 0 aliphatic rings. The van der Waals surface area contributed by atoms with E-state index in [2.05, 4.69) is 21.1 Å². The molecule has 1 N–H and O–H groups in total. The summed E-state index contributed by atoms with van der Waals surface area (Å²) in [6.45, 7) is 1.11. The first-order valence-corrected chi connectivity index (χ1v) is 2.47. The van der Waals surface area contributed by atoms with Gasteiger partial charge in [0, 0.05) is 0 Å². The quantitative estimate of drug-likeness (QED) is 0.385. The van der Waals surface area contributed by atoms with Crippen LogP contribution in [0.5, 0.6) is 0 Å². The number of aliphatic hydroxyl groups is 1. The maximum atomic E-state index is 8.39. The van der Waals surface area contributed by atoms with Crippen molar-refractivity contribution in [1.82, 2.24) is 0 Å². The number of likely N-dealkylation sites (N-methyl/N-ethyl adjacent to an activating group) is 1. The van der Waals surface area contributed by atoms with Crippen molar-refractivity contribution in [3.8, 4) is 0 Å². The standard InChI is InChI=1S/C5H14NO.Mg/c1-6(2,3)4-5-7;/h7H,4-5H2,1-3H3;/q+1;+2. The van der Waals surface area contributed by atoms with Crippen LogP contribution in [-0.2, 0) is 0 Å². The summed E-state index contributed by atoms with van der Waals surface area (Å²) in [5.41, 5.74) is 0. The van der Waals surface area contributed by atoms with Crippen molar-refractivity contribution < 1.29 is 9.59 Å². The van der Waals surface area contributed by atoms with Crippen LogP contribution in [0.1, 0.15) is 0 Å². The van der Waals surface area contributed by atoms with E-state index in [-0.39, 0.29) is 29.7 Å². The van der Waals surface area contributed by atoms with E-state index < -0.39 is 0 Å².